The zero-order valence-corrected chi connectivity index (χ0v) is 16.8. The van der Waals surface area contributed by atoms with E-state index in [4.69, 9.17) is 30.5 Å². The summed E-state index contributed by atoms with van der Waals surface area (Å²) in [5.41, 5.74) is 2.55. The molecular weight excluding hydrogens is 387 g/mol. The highest BCUT2D eigenvalue weighted by Crippen LogP contribution is 2.48. The van der Waals surface area contributed by atoms with E-state index in [0.29, 0.717) is 23.5 Å². The second-order valence-corrected chi connectivity index (χ2v) is 8.25. The van der Waals surface area contributed by atoms with Crippen molar-refractivity contribution in [3.8, 4) is 5.75 Å². The van der Waals surface area contributed by atoms with E-state index >= 15 is 0 Å². The van der Waals surface area contributed by atoms with E-state index in [9.17, 15) is 4.79 Å². The lowest BCUT2D eigenvalue weighted by Crippen LogP contribution is -2.21. The Morgan fingerprint density at radius 3 is 3.04 bits per heavy atom. The van der Waals surface area contributed by atoms with Crippen LogP contribution in [0, 0.1) is 18.6 Å². The van der Waals surface area contributed by atoms with Gasteiger partial charge in [0.2, 0.25) is 0 Å². The second-order valence-electron chi connectivity index (χ2n) is 6.72. The van der Waals surface area contributed by atoms with Gasteiger partial charge in [0.25, 0.3) is 5.56 Å². The predicted octanol–water partition coefficient (Wildman–Crippen LogP) is 4.05. The molecule has 3 atom stereocenters. The van der Waals surface area contributed by atoms with Gasteiger partial charge in [0, 0.05) is 17.3 Å². The Morgan fingerprint density at radius 2 is 2.19 bits per heavy atom. The molecule has 1 N–H and O–H groups in total. The van der Waals surface area contributed by atoms with Crippen molar-refractivity contribution >= 4 is 20.8 Å². The van der Waals surface area contributed by atoms with Crippen LogP contribution in [0.1, 0.15) is 35.8 Å². The molecule has 0 amide bonds. The minimum Gasteiger partial charge on any atom is -0.426 e. The monoisotopic (exact) mass is 408 g/mol. The van der Waals surface area contributed by atoms with Gasteiger partial charge in [0.1, 0.15) is 12.0 Å². The van der Waals surface area contributed by atoms with Gasteiger partial charge < -0.3 is 9.26 Å². The average molecular weight is 408 g/mol. The van der Waals surface area contributed by atoms with E-state index < -0.39 is 8.60 Å². The van der Waals surface area contributed by atoms with Crippen molar-refractivity contribution in [3.63, 3.8) is 0 Å². The molecule has 2 aliphatic heterocycles. The molecule has 3 heterocycles. The molecule has 144 valence electrons. The van der Waals surface area contributed by atoms with E-state index in [1.54, 1.807) is 17.7 Å². The second kappa shape index (κ2) is 7.81. The minimum atomic E-state index is -1.43. The lowest BCUT2D eigenvalue weighted by molar-refractivity contribution is -0.0221. The molecule has 0 bridgehead atoms. The summed E-state index contributed by atoms with van der Waals surface area (Å²) < 4.78 is 25.6. The number of hydrogen-bond donors (Lipinski definition) is 1. The highest BCUT2D eigenvalue weighted by atomic mass is 32.1. The van der Waals surface area contributed by atoms with Crippen molar-refractivity contribution < 1.29 is 18.3 Å². The highest BCUT2D eigenvalue weighted by Gasteiger charge is 2.30. The van der Waals surface area contributed by atoms with Crippen molar-refractivity contribution in [3.05, 3.63) is 56.2 Å². The fourth-order valence-electron chi connectivity index (χ4n) is 3.20. The molecule has 1 saturated heterocycles. The fourth-order valence-corrected chi connectivity index (χ4v) is 4.59. The number of aromatic nitrogens is 2. The molecule has 1 aromatic carbocycles. The first-order valence-electron chi connectivity index (χ1n) is 8.81. The lowest BCUT2D eigenvalue weighted by Gasteiger charge is -2.26. The third-order valence-corrected chi connectivity index (χ3v) is 6.04. The van der Waals surface area contributed by atoms with Crippen LogP contribution >= 0.6 is 20.8 Å². The molecule has 4 rings (SSSR count). The number of hydrogen-bond acceptors (Lipinski definition) is 6. The van der Waals surface area contributed by atoms with Crippen molar-refractivity contribution in [2.75, 3.05) is 6.61 Å². The number of nitrogens with zero attached hydrogens (tertiary/aromatic N) is 1. The normalized spacial score (nSPS) is 24.4. The first-order valence-corrected chi connectivity index (χ1v) is 10.3. The van der Waals surface area contributed by atoms with Gasteiger partial charge in [0.05, 0.1) is 19.3 Å². The summed E-state index contributed by atoms with van der Waals surface area (Å²) in [4.78, 5) is 14.3. The van der Waals surface area contributed by atoms with Crippen molar-refractivity contribution in [2.45, 2.75) is 45.6 Å². The molecule has 2 aliphatic rings. The van der Waals surface area contributed by atoms with Crippen molar-refractivity contribution in [1.82, 2.24) is 9.55 Å². The summed E-state index contributed by atoms with van der Waals surface area (Å²) in [6, 6.07) is 6.00. The molecule has 0 spiro atoms. The number of fused-ring (bicyclic) bond motifs is 1. The van der Waals surface area contributed by atoms with Crippen molar-refractivity contribution in [2.24, 2.45) is 0 Å². The molecular formula is C18H21N2O5PS. The minimum absolute atomic E-state index is 0.0721. The number of ether oxygens (including phenoxy) is 1. The van der Waals surface area contributed by atoms with Crippen LogP contribution in [0.25, 0.3) is 0 Å². The van der Waals surface area contributed by atoms with Crippen LogP contribution < -0.4 is 10.1 Å². The molecule has 1 aromatic heterocycles. The number of H-pyrrole nitrogens is 1. The van der Waals surface area contributed by atoms with Crippen LogP contribution in [0.4, 0.5) is 0 Å². The third kappa shape index (κ3) is 4.00. The number of para-hydroxylation sites is 1. The topological polar surface area (TPSA) is 74.7 Å². The van der Waals surface area contributed by atoms with E-state index in [1.807, 2.05) is 25.1 Å². The molecule has 0 radical (unpaired) electrons. The number of nitrogens with one attached hydrogen (secondary N) is 1. The highest BCUT2D eigenvalue weighted by molar-refractivity contribution is 7.71. The molecule has 1 fully saturated rings. The van der Waals surface area contributed by atoms with Gasteiger partial charge >= 0.3 is 8.60 Å². The van der Waals surface area contributed by atoms with E-state index in [-0.39, 0.29) is 17.9 Å². The fraction of sp³-hybridized carbons (Fsp3) is 0.444. The Labute approximate surface area is 163 Å². The van der Waals surface area contributed by atoms with Gasteiger partial charge in [0.15, 0.2) is 4.77 Å². The molecule has 27 heavy (non-hydrogen) atoms. The van der Waals surface area contributed by atoms with Crippen LogP contribution in [0.2, 0.25) is 0 Å². The first-order chi connectivity index (χ1) is 13.0. The van der Waals surface area contributed by atoms with Gasteiger partial charge in [-0.05, 0) is 44.5 Å². The molecule has 2 aromatic rings. The number of aromatic amines is 1. The quantitative estimate of drug-likeness (QED) is 0.608. The summed E-state index contributed by atoms with van der Waals surface area (Å²) in [5, 5.41) is 0. The molecule has 3 unspecified atom stereocenters. The summed E-state index contributed by atoms with van der Waals surface area (Å²) in [6.45, 7) is 4.64. The van der Waals surface area contributed by atoms with Crippen LogP contribution in [0.15, 0.2) is 29.2 Å². The average Bonchev–Trinajstić information content (AvgIpc) is 3.12. The maximum absolute atomic E-state index is 11.6. The molecule has 9 heteroatoms. The van der Waals surface area contributed by atoms with Gasteiger partial charge in [-0.3, -0.25) is 23.4 Å². The van der Waals surface area contributed by atoms with Crippen LogP contribution in [-0.2, 0) is 20.4 Å². The zero-order valence-electron chi connectivity index (χ0n) is 15.1. The Bertz CT molecular complexity index is 959. The summed E-state index contributed by atoms with van der Waals surface area (Å²) in [6.07, 6.45) is 3.10. The summed E-state index contributed by atoms with van der Waals surface area (Å²) >= 11 is 5.25. The van der Waals surface area contributed by atoms with E-state index in [1.165, 1.54) is 0 Å². The smallest absolute Gasteiger partial charge is 0.397 e. The SMILES string of the molecule is Cc1cccc2c1OP(OCC1CCC(n3cc(C)c(=O)[nH]c3=S)O1)OC2. The van der Waals surface area contributed by atoms with E-state index in [2.05, 4.69) is 4.98 Å². The van der Waals surface area contributed by atoms with Gasteiger partial charge in [-0.2, -0.15) is 0 Å². The van der Waals surface area contributed by atoms with Gasteiger partial charge in [-0.15, -0.1) is 0 Å². The Morgan fingerprint density at radius 1 is 1.33 bits per heavy atom. The molecule has 0 saturated carbocycles. The van der Waals surface area contributed by atoms with E-state index in [0.717, 1.165) is 29.7 Å². The van der Waals surface area contributed by atoms with Gasteiger partial charge in [-0.1, -0.05) is 18.2 Å². The maximum Gasteiger partial charge on any atom is 0.397 e. The molecule has 7 nitrogen and oxygen atoms in total. The Hall–Kier alpha value is -1.57. The zero-order chi connectivity index (χ0) is 19.0. The van der Waals surface area contributed by atoms with Crippen LogP contribution in [-0.4, -0.2) is 22.3 Å². The van der Waals surface area contributed by atoms with Crippen LogP contribution in [0.3, 0.4) is 0 Å². The number of aryl methyl sites for hydroxylation is 2. The van der Waals surface area contributed by atoms with Crippen molar-refractivity contribution in [1.29, 1.82) is 0 Å². The van der Waals surface area contributed by atoms with Crippen LogP contribution in [0.5, 0.6) is 5.75 Å². The number of rotatable bonds is 4. The predicted molar refractivity (Wildman–Crippen MR) is 103 cm³/mol. The largest absolute Gasteiger partial charge is 0.426 e. The number of benzene rings is 1. The Kier molecular flexibility index (Phi) is 5.43. The summed E-state index contributed by atoms with van der Waals surface area (Å²) in [5.74, 6) is 0.857. The van der Waals surface area contributed by atoms with Gasteiger partial charge in [-0.25, -0.2) is 0 Å². The first kappa shape index (κ1) is 18.8. The third-order valence-electron chi connectivity index (χ3n) is 4.69. The summed E-state index contributed by atoms with van der Waals surface area (Å²) in [7, 11) is -1.43. The lowest BCUT2D eigenvalue weighted by atomic mass is 10.1. The maximum atomic E-state index is 11.6. The Balaban J connectivity index is 1.35. The standard InChI is InChI=1S/C18H21N2O5PS/c1-11-4-3-5-13-9-22-26(25-16(11)13)23-10-14-6-7-15(24-14)20-8-12(2)17(21)19-18(20)27/h3-5,8,14-15H,6-7,9-10H2,1-2H3,(H,19,21,27). The molecule has 0 aliphatic carbocycles.